The average Bonchev–Trinajstić information content (AvgIpc) is 3.30. The minimum atomic E-state index is 1.16. The standard InChI is InChI=1S/C35H26N2/c1-36(29-17-6-3-7-18-29)32-20-11-21-33-35(32)31-23-27-14-8-9-15-28(27)24-34(31)37(33)30-19-10-16-26(22-30)25-12-4-2-5-13-25/h2-24H,1H3. The van der Waals surface area contributed by atoms with E-state index >= 15 is 0 Å². The van der Waals surface area contributed by atoms with Crippen LogP contribution in [0.25, 0.3) is 49.4 Å². The fraction of sp³-hybridized carbons (Fsp3) is 0.0286. The Labute approximate surface area is 216 Å². The normalized spacial score (nSPS) is 11.4. The van der Waals surface area contributed by atoms with Crippen LogP contribution in [-0.4, -0.2) is 11.6 Å². The number of fused-ring (bicyclic) bond motifs is 4. The molecule has 0 bridgehead atoms. The number of hydrogen-bond acceptors (Lipinski definition) is 1. The molecule has 1 heterocycles. The van der Waals surface area contributed by atoms with Gasteiger partial charge in [-0.05, 0) is 70.4 Å². The van der Waals surface area contributed by atoms with Crippen LogP contribution in [0.3, 0.4) is 0 Å². The fourth-order valence-electron chi connectivity index (χ4n) is 5.54. The first kappa shape index (κ1) is 21.5. The molecule has 0 aliphatic rings. The van der Waals surface area contributed by atoms with Crippen molar-refractivity contribution in [2.75, 3.05) is 11.9 Å². The van der Waals surface area contributed by atoms with Crippen LogP contribution >= 0.6 is 0 Å². The number of aromatic nitrogens is 1. The molecule has 0 aliphatic carbocycles. The maximum atomic E-state index is 2.42. The second-order valence-electron chi connectivity index (χ2n) is 9.53. The van der Waals surface area contributed by atoms with Gasteiger partial charge in [0.2, 0.25) is 0 Å². The number of rotatable bonds is 4. The molecule has 0 N–H and O–H groups in total. The highest BCUT2D eigenvalue weighted by molar-refractivity contribution is 6.18. The first-order valence-electron chi connectivity index (χ1n) is 12.7. The van der Waals surface area contributed by atoms with Crippen LogP contribution in [0.2, 0.25) is 0 Å². The summed E-state index contributed by atoms with van der Waals surface area (Å²) in [5, 5.41) is 5.03. The zero-order valence-corrected chi connectivity index (χ0v) is 20.7. The van der Waals surface area contributed by atoms with E-state index in [1.807, 2.05) is 0 Å². The molecule has 0 fully saturated rings. The molecule has 0 amide bonds. The molecule has 0 saturated carbocycles. The molecule has 0 radical (unpaired) electrons. The topological polar surface area (TPSA) is 8.17 Å². The van der Waals surface area contributed by atoms with Crippen LogP contribution in [0.4, 0.5) is 11.4 Å². The van der Waals surface area contributed by atoms with Gasteiger partial charge in [-0.25, -0.2) is 0 Å². The molecule has 0 spiro atoms. The molecule has 0 aliphatic heterocycles. The van der Waals surface area contributed by atoms with Gasteiger partial charge in [0.1, 0.15) is 0 Å². The molecule has 37 heavy (non-hydrogen) atoms. The zero-order valence-electron chi connectivity index (χ0n) is 20.7. The summed E-state index contributed by atoms with van der Waals surface area (Å²) in [5.41, 5.74) is 8.39. The number of benzene rings is 6. The Kier molecular flexibility index (Phi) is 5.04. The van der Waals surface area contributed by atoms with Gasteiger partial charge in [-0.3, -0.25) is 0 Å². The predicted octanol–water partition coefficient (Wildman–Crippen LogP) is 9.37. The van der Waals surface area contributed by atoms with Crippen LogP contribution < -0.4 is 4.90 Å². The second-order valence-corrected chi connectivity index (χ2v) is 9.53. The number of anilines is 2. The van der Waals surface area contributed by atoms with E-state index in [9.17, 15) is 0 Å². The van der Waals surface area contributed by atoms with Crippen LogP contribution in [-0.2, 0) is 0 Å². The highest BCUT2D eigenvalue weighted by Gasteiger charge is 2.18. The molecule has 176 valence electrons. The third kappa shape index (κ3) is 3.57. The van der Waals surface area contributed by atoms with Gasteiger partial charge in [0, 0.05) is 29.2 Å². The molecule has 7 aromatic rings. The third-order valence-electron chi connectivity index (χ3n) is 7.35. The minimum Gasteiger partial charge on any atom is -0.344 e. The van der Waals surface area contributed by atoms with E-state index in [-0.39, 0.29) is 0 Å². The van der Waals surface area contributed by atoms with E-state index in [0.717, 1.165) is 5.69 Å². The van der Waals surface area contributed by atoms with Crippen molar-refractivity contribution in [3.63, 3.8) is 0 Å². The summed E-state index contributed by atoms with van der Waals surface area (Å²) in [5.74, 6) is 0. The lowest BCUT2D eigenvalue weighted by Crippen LogP contribution is -2.09. The maximum Gasteiger partial charge on any atom is 0.0562 e. The van der Waals surface area contributed by atoms with Crippen molar-refractivity contribution in [1.29, 1.82) is 0 Å². The summed E-state index contributed by atoms with van der Waals surface area (Å²) in [4.78, 5) is 2.29. The van der Waals surface area contributed by atoms with Crippen molar-refractivity contribution in [3.05, 3.63) is 140 Å². The fourth-order valence-corrected chi connectivity index (χ4v) is 5.54. The molecule has 2 nitrogen and oxygen atoms in total. The van der Waals surface area contributed by atoms with Gasteiger partial charge in [0.15, 0.2) is 0 Å². The summed E-state index contributed by atoms with van der Waals surface area (Å²) < 4.78 is 2.42. The second kappa shape index (κ2) is 8.69. The van der Waals surface area contributed by atoms with E-state index in [4.69, 9.17) is 0 Å². The highest BCUT2D eigenvalue weighted by atomic mass is 15.1. The van der Waals surface area contributed by atoms with E-state index in [0.29, 0.717) is 0 Å². The Morgan fingerprint density at radius 1 is 0.514 bits per heavy atom. The molecular formula is C35H26N2. The minimum absolute atomic E-state index is 1.16. The van der Waals surface area contributed by atoms with E-state index in [2.05, 4.69) is 156 Å². The largest absolute Gasteiger partial charge is 0.344 e. The summed E-state index contributed by atoms with van der Waals surface area (Å²) in [6, 6.07) is 50.0. The number of hydrogen-bond donors (Lipinski definition) is 0. The van der Waals surface area contributed by atoms with Crippen LogP contribution in [0.1, 0.15) is 0 Å². The summed E-state index contributed by atoms with van der Waals surface area (Å²) in [6.07, 6.45) is 0. The maximum absolute atomic E-state index is 2.42. The summed E-state index contributed by atoms with van der Waals surface area (Å²) in [6.45, 7) is 0. The van der Waals surface area contributed by atoms with Crippen molar-refractivity contribution in [2.24, 2.45) is 0 Å². The Balaban J connectivity index is 1.56. The van der Waals surface area contributed by atoms with Crippen molar-refractivity contribution in [3.8, 4) is 16.8 Å². The molecule has 6 aromatic carbocycles. The monoisotopic (exact) mass is 474 g/mol. The Morgan fingerprint density at radius 2 is 1.16 bits per heavy atom. The number of nitrogens with zero attached hydrogens (tertiary/aromatic N) is 2. The zero-order chi connectivity index (χ0) is 24.8. The van der Waals surface area contributed by atoms with Gasteiger partial charge >= 0.3 is 0 Å². The Hall–Kier alpha value is -4.82. The quantitative estimate of drug-likeness (QED) is 0.247. The molecular weight excluding hydrogens is 448 g/mol. The molecule has 0 atom stereocenters. The molecule has 1 aromatic heterocycles. The van der Waals surface area contributed by atoms with Gasteiger partial charge in [-0.2, -0.15) is 0 Å². The molecule has 0 saturated heterocycles. The van der Waals surface area contributed by atoms with Crippen molar-refractivity contribution in [2.45, 2.75) is 0 Å². The number of para-hydroxylation sites is 1. The lowest BCUT2D eigenvalue weighted by atomic mass is 10.0. The van der Waals surface area contributed by atoms with Gasteiger partial charge < -0.3 is 9.47 Å². The van der Waals surface area contributed by atoms with Gasteiger partial charge in [0.05, 0.1) is 16.7 Å². The summed E-state index contributed by atoms with van der Waals surface area (Å²) >= 11 is 0. The lowest BCUT2D eigenvalue weighted by Gasteiger charge is -2.21. The van der Waals surface area contributed by atoms with E-state index in [1.54, 1.807) is 0 Å². The predicted molar refractivity (Wildman–Crippen MR) is 158 cm³/mol. The van der Waals surface area contributed by atoms with Crippen molar-refractivity contribution < 1.29 is 0 Å². The molecule has 2 heteroatoms. The lowest BCUT2D eigenvalue weighted by molar-refractivity contribution is 1.18. The van der Waals surface area contributed by atoms with Crippen LogP contribution in [0, 0.1) is 0 Å². The van der Waals surface area contributed by atoms with Crippen molar-refractivity contribution in [1.82, 2.24) is 4.57 Å². The Morgan fingerprint density at radius 3 is 1.95 bits per heavy atom. The first-order valence-corrected chi connectivity index (χ1v) is 12.7. The van der Waals surface area contributed by atoms with Gasteiger partial charge in [-0.1, -0.05) is 91.0 Å². The van der Waals surface area contributed by atoms with Crippen LogP contribution in [0.15, 0.2) is 140 Å². The smallest absolute Gasteiger partial charge is 0.0562 e. The highest BCUT2D eigenvalue weighted by Crippen LogP contribution is 2.41. The Bertz CT molecular complexity index is 1880. The average molecular weight is 475 g/mol. The van der Waals surface area contributed by atoms with Crippen molar-refractivity contribution >= 4 is 44.0 Å². The first-order chi connectivity index (χ1) is 18.3. The SMILES string of the molecule is CN(c1ccccc1)c1cccc2c1c1cc3ccccc3cc1n2-c1cccc(-c2ccccc2)c1. The van der Waals surface area contributed by atoms with Crippen LogP contribution in [0.5, 0.6) is 0 Å². The molecule has 0 unspecified atom stereocenters. The van der Waals surface area contributed by atoms with E-state index < -0.39 is 0 Å². The van der Waals surface area contributed by atoms with E-state index in [1.165, 1.54) is 55.1 Å². The molecule has 7 rings (SSSR count). The van der Waals surface area contributed by atoms with Gasteiger partial charge in [0.25, 0.3) is 0 Å². The van der Waals surface area contributed by atoms with Gasteiger partial charge in [-0.15, -0.1) is 0 Å². The summed E-state index contributed by atoms with van der Waals surface area (Å²) in [7, 11) is 2.16. The third-order valence-corrected chi connectivity index (χ3v) is 7.35.